The third-order valence-electron chi connectivity index (χ3n) is 3.55. The van der Waals surface area contributed by atoms with E-state index < -0.39 is 0 Å². The summed E-state index contributed by atoms with van der Waals surface area (Å²) in [5.74, 6) is 1.29. The van der Waals surface area contributed by atoms with Crippen LogP contribution in [0.4, 0.5) is 0 Å². The van der Waals surface area contributed by atoms with Gasteiger partial charge in [0.15, 0.2) is 0 Å². The van der Waals surface area contributed by atoms with Gasteiger partial charge in [-0.05, 0) is 42.5 Å². The van der Waals surface area contributed by atoms with Crippen LogP contribution in [0.15, 0.2) is 53.4 Å². The van der Waals surface area contributed by atoms with Crippen molar-refractivity contribution in [1.29, 1.82) is 0 Å². The molecule has 2 heteroatoms. The largest absolute Gasteiger partial charge is 0.392 e. The van der Waals surface area contributed by atoms with Gasteiger partial charge in [-0.3, -0.25) is 0 Å². The lowest BCUT2D eigenvalue weighted by Crippen LogP contribution is -2.13. The minimum atomic E-state index is -0.305. The average molecular weight is 300 g/mol. The van der Waals surface area contributed by atoms with E-state index >= 15 is 0 Å². The quantitative estimate of drug-likeness (QED) is 0.772. The first-order valence-corrected chi connectivity index (χ1v) is 8.49. The molecule has 2 aromatic rings. The van der Waals surface area contributed by atoms with Gasteiger partial charge in [-0.2, -0.15) is 0 Å². The summed E-state index contributed by atoms with van der Waals surface area (Å²) in [6.07, 6.45) is 0.414. The molecule has 0 fully saturated rings. The molecule has 0 aliphatic rings. The van der Waals surface area contributed by atoms with Gasteiger partial charge in [0.25, 0.3) is 0 Å². The molecule has 2 rings (SSSR count). The van der Waals surface area contributed by atoms with Crippen molar-refractivity contribution in [2.45, 2.75) is 44.1 Å². The molecule has 1 unspecified atom stereocenters. The zero-order chi connectivity index (χ0) is 15.2. The monoisotopic (exact) mass is 300 g/mol. The third-order valence-corrected chi connectivity index (χ3v) is 4.69. The second kappa shape index (κ2) is 7.67. The summed E-state index contributed by atoms with van der Waals surface area (Å²) in [6.45, 7) is 6.49. The number of hydrogen-bond acceptors (Lipinski definition) is 2. The van der Waals surface area contributed by atoms with E-state index in [0.29, 0.717) is 5.92 Å². The maximum atomic E-state index is 10.2. The number of aliphatic hydroxyl groups excluding tert-OH is 1. The minimum Gasteiger partial charge on any atom is -0.392 e. The molecule has 2 aromatic carbocycles. The lowest BCUT2D eigenvalue weighted by molar-refractivity contribution is 0.200. The van der Waals surface area contributed by atoms with E-state index in [1.807, 2.05) is 0 Å². The van der Waals surface area contributed by atoms with Crippen LogP contribution in [0, 0.1) is 6.92 Å². The van der Waals surface area contributed by atoms with E-state index in [1.54, 1.807) is 11.8 Å². The van der Waals surface area contributed by atoms with Crippen LogP contribution in [0.25, 0.3) is 0 Å². The fourth-order valence-electron chi connectivity index (χ4n) is 2.27. The van der Waals surface area contributed by atoms with Gasteiger partial charge in [0, 0.05) is 10.6 Å². The van der Waals surface area contributed by atoms with Gasteiger partial charge < -0.3 is 5.11 Å². The number of aryl methyl sites for hydroxylation is 1. The molecule has 112 valence electrons. The van der Waals surface area contributed by atoms with Crippen molar-refractivity contribution in [2.24, 2.45) is 0 Å². The highest BCUT2D eigenvalue weighted by molar-refractivity contribution is 7.99. The van der Waals surface area contributed by atoms with Crippen LogP contribution in [0.2, 0.25) is 0 Å². The molecule has 0 aliphatic heterocycles. The van der Waals surface area contributed by atoms with Crippen LogP contribution in [-0.4, -0.2) is 17.0 Å². The summed E-state index contributed by atoms with van der Waals surface area (Å²) in [5.41, 5.74) is 3.82. The van der Waals surface area contributed by atoms with Gasteiger partial charge in [0.1, 0.15) is 0 Å². The number of thioether (sulfide) groups is 1. The van der Waals surface area contributed by atoms with Crippen molar-refractivity contribution in [3.05, 3.63) is 65.2 Å². The zero-order valence-electron chi connectivity index (χ0n) is 13.0. The van der Waals surface area contributed by atoms with Crippen LogP contribution >= 0.6 is 11.8 Å². The topological polar surface area (TPSA) is 20.2 Å². The van der Waals surface area contributed by atoms with Gasteiger partial charge in [-0.1, -0.05) is 55.8 Å². The molecule has 0 aliphatic carbocycles. The standard InChI is InChI=1S/C19H24OS/c1-14(2)17-9-7-16(8-10-17)12-18(20)13-21-19-6-4-5-15(3)11-19/h4-11,14,18,20H,12-13H2,1-3H3. The molecule has 0 saturated carbocycles. The fraction of sp³-hybridized carbons (Fsp3) is 0.368. The van der Waals surface area contributed by atoms with Gasteiger partial charge in [-0.25, -0.2) is 0 Å². The molecule has 0 amide bonds. The molecule has 0 bridgehead atoms. The second-order valence-corrected chi connectivity index (χ2v) is 6.98. The van der Waals surface area contributed by atoms with E-state index in [1.165, 1.54) is 21.6 Å². The van der Waals surface area contributed by atoms with Gasteiger partial charge in [0.2, 0.25) is 0 Å². The summed E-state index contributed by atoms with van der Waals surface area (Å²) in [5, 5.41) is 10.2. The van der Waals surface area contributed by atoms with Crippen molar-refractivity contribution in [3.8, 4) is 0 Å². The molecule has 1 atom stereocenters. The van der Waals surface area contributed by atoms with Crippen LogP contribution in [0.5, 0.6) is 0 Å². The van der Waals surface area contributed by atoms with E-state index in [0.717, 1.165) is 12.2 Å². The van der Waals surface area contributed by atoms with Gasteiger partial charge in [-0.15, -0.1) is 11.8 Å². The smallest absolute Gasteiger partial charge is 0.0674 e. The van der Waals surface area contributed by atoms with E-state index in [9.17, 15) is 5.11 Å². The molecule has 1 N–H and O–H groups in total. The number of aliphatic hydroxyl groups is 1. The number of hydrogen-bond donors (Lipinski definition) is 1. The Morgan fingerprint density at radius 2 is 1.76 bits per heavy atom. The predicted octanol–water partition coefficient (Wildman–Crippen LogP) is 4.81. The summed E-state index contributed by atoms with van der Waals surface area (Å²) in [7, 11) is 0. The van der Waals surface area contributed by atoms with E-state index in [4.69, 9.17) is 0 Å². The van der Waals surface area contributed by atoms with Crippen molar-refractivity contribution < 1.29 is 5.11 Å². The van der Waals surface area contributed by atoms with Crippen LogP contribution in [0.3, 0.4) is 0 Å². The van der Waals surface area contributed by atoms with Crippen LogP contribution in [-0.2, 0) is 6.42 Å². The summed E-state index contributed by atoms with van der Waals surface area (Å²) >= 11 is 1.72. The van der Waals surface area contributed by atoms with Gasteiger partial charge >= 0.3 is 0 Å². The Labute approximate surface area is 132 Å². The van der Waals surface area contributed by atoms with Crippen LogP contribution in [0.1, 0.15) is 36.5 Å². The number of rotatable bonds is 6. The zero-order valence-corrected chi connectivity index (χ0v) is 13.9. The first-order valence-electron chi connectivity index (χ1n) is 7.51. The Morgan fingerprint density at radius 1 is 1.05 bits per heavy atom. The van der Waals surface area contributed by atoms with Gasteiger partial charge in [0.05, 0.1) is 6.10 Å². The summed E-state index contributed by atoms with van der Waals surface area (Å²) in [4.78, 5) is 1.23. The Balaban J connectivity index is 1.85. The minimum absolute atomic E-state index is 0.305. The second-order valence-electron chi connectivity index (χ2n) is 5.88. The molecule has 0 saturated heterocycles. The maximum Gasteiger partial charge on any atom is 0.0674 e. The first kappa shape index (κ1) is 16.1. The normalized spacial score (nSPS) is 12.6. The summed E-state index contributed by atoms with van der Waals surface area (Å²) < 4.78 is 0. The molecule has 0 aromatic heterocycles. The molecular formula is C19H24OS. The SMILES string of the molecule is Cc1cccc(SCC(O)Cc2ccc(C(C)C)cc2)c1. The lowest BCUT2D eigenvalue weighted by Gasteiger charge is -2.12. The highest BCUT2D eigenvalue weighted by atomic mass is 32.2. The summed E-state index contributed by atoms with van der Waals surface area (Å²) in [6, 6.07) is 17.0. The lowest BCUT2D eigenvalue weighted by atomic mass is 10.00. The molecule has 0 spiro atoms. The molecular weight excluding hydrogens is 276 g/mol. The van der Waals surface area contributed by atoms with E-state index in [2.05, 4.69) is 69.3 Å². The van der Waals surface area contributed by atoms with Crippen molar-refractivity contribution in [3.63, 3.8) is 0 Å². The van der Waals surface area contributed by atoms with E-state index in [-0.39, 0.29) is 6.10 Å². The first-order chi connectivity index (χ1) is 10.0. The Hall–Kier alpha value is -1.25. The van der Waals surface area contributed by atoms with Crippen molar-refractivity contribution >= 4 is 11.8 Å². The highest BCUT2D eigenvalue weighted by Gasteiger charge is 2.07. The van der Waals surface area contributed by atoms with Crippen molar-refractivity contribution in [2.75, 3.05) is 5.75 Å². The van der Waals surface area contributed by atoms with Crippen LogP contribution < -0.4 is 0 Å². The third kappa shape index (κ3) is 5.22. The Bertz CT molecular complexity index is 560. The van der Waals surface area contributed by atoms with Crippen molar-refractivity contribution in [1.82, 2.24) is 0 Å². The fourth-order valence-corrected chi connectivity index (χ4v) is 3.21. The highest BCUT2D eigenvalue weighted by Crippen LogP contribution is 2.21. The maximum absolute atomic E-state index is 10.2. The Kier molecular flexibility index (Phi) is 5.89. The predicted molar refractivity (Wildman–Crippen MR) is 92.1 cm³/mol. The molecule has 0 heterocycles. The average Bonchev–Trinajstić information content (AvgIpc) is 2.46. The molecule has 1 nitrogen and oxygen atoms in total. The molecule has 21 heavy (non-hydrogen) atoms. The number of benzene rings is 2. The molecule has 0 radical (unpaired) electrons. The Morgan fingerprint density at radius 3 is 2.38 bits per heavy atom.